The van der Waals surface area contributed by atoms with Crippen molar-refractivity contribution in [2.75, 3.05) is 0 Å². The summed E-state index contributed by atoms with van der Waals surface area (Å²) in [5, 5.41) is 13.5. The summed E-state index contributed by atoms with van der Waals surface area (Å²) in [6.45, 7) is 4.65. The summed E-state index contributed by atoms with van der Waals surface area (Å²) in [5.41, 5.74) is 0.707. The molecule has 5 heteroatoms. The minimum Gasteiger partial charge on any atom is -0.299 e. The van der Waals surface area contributed by atoms with Crippen molar-refractivity contribution in [3.8, 4) is 5.40 Å². The van der Waals surface area contributed by atoms with Gasteiger partial charge in [-0.15, -0.1) is 0 Å². The summed E-state index contributed by atoms with van der Waals surface area (Å²) in [7, 11) is 0. The van der Waals surface area contributed by atoms with E-state index in [0.717, 1.165) is 36.7 Å². The molecule has 0 aliphatic rings. The molecule has 0 unspecified atom stereocenters. The molecule has 0 saturated heterocycles. The molecule has 1 aromatic rings. The van der Waals surface area contributed by atoms with E-state index in [1.165, 1.54) is 0 Å². The van der Waals surface area contributed by atoms with Crippen LogP contribution in [0.2, 0.25) is 0 Å². The maximum atomic E-state index is 11.7. The van der Waals surface area contributed by atoms with Gasteiger partial charge in [-0.2, -0.15) is 5.26 Å². The lowest BCUT2D eigenvalue weighted by Crippen LogP contribution is -2.17. The van der Waals surface area contributed by atoms with Gasteiger partial charge in [0.25, 0.3) is 5.56 Å². The second kappa shape index (κ2) is 5.66. The van der Waals surface area contributed by atoms with Gasteiger partial charge in [0.15, 0.2) is 0 Å². The number of unbranched alkanes of at least 4 members (excludes halogenated alkanes) is 2. The molecule has 1 rings (SSSR count). The molecule has 15 heavy (non-hydrogen) atoms. The van der Waals surface area contributed by atoms with Crippen molar-refractivity contribution in [1.29, 1.82) is 5.26 Å². The van der Waals surface area contributed by atoms with Crippen LogP contribution in [0.3, 0.4) is 0 Å². The number of aromatic amines is 1. The van der Waals surface area contributed by atoms with Gasteiger partial charge < -0.3 is 0 Å². The van der Waals surface area contributed by atoms with Crippen LogP contribution in [0.1, 0.15) is 31.9 Å². The van der Waals surface area contributed by atoms with Crippen molar-refractivity contribution in [2.45, 2.75) is 44.6 Å². The third kappa shape index (κ3) is 2.90. The topological polar surface area (TPSA) is 61.6 Å². The number of nitrogens with zero attached hydrogens (tertiary/aromatic N) is 2. The predicted molar refractivity (Wildman–Crippen MR) is 60.8 cm³/mol. The number of aromatic nitrogens is 2. The predicted octanol–water partition coefficient (Wildman–Crippen LogP) is 2.25. The SMILES string of the molecule is CCCCCn1[nH]c(C)c(SC#N)c1=O. The van der Waals surface area contributed by atoms with Crippen LogP contribution in [-0.2, 0) is 6.54 Å². The van der Waals surface area contributed by atoms with Gasteiger partial charge in [0.1, 0.15) is 10.3 Å². The fourth-order valence-electron chi connectivity index (χ4n) is 1.43. The number of thioether (sulfide) groups is 1. The van der Waals surface area contributed by atoms with Crippen molar-refractivity contribution in [3.63, 3.8) is 0 Å². The van der Waals surface area contributed by atoms with Gasteiger partial charge in [-0.1, -0.05) is 19.8 Å². The first-order valence-corrected chi connectivity index (χ1v) is 5.87. The number of hydrogen-bond donors (Lipinski definition) is 1. The van der Waals surface area contributed by atoms with E-state index in [-0.39, 0.29) is 5.56 Å². The van der Waals surface area contributed by atoms with E-state index in [0.29, 0.717) is 11.4 Å². The number of rotatable bonds is 5. The van der Waals surface area contributed by atoms with Gasteiger partial charge in [0.05, 0.1) is 0 Å². The number of hydrogen-bond acceptors (Lipinski definition) is 3. The Bertz CT molecular complexity index is 413. The highest BCUT2D eigenvalue weighted by Crippen LogP contribution is 2.15. The molecule has 0 aliphatic heterocycles. The molecule has 0 bridgehead atoms. The Balaban J connectivity index is 2.79. The van der Waals surface area contributed by atoms with Crippen LogP contribution in [-0.4, -0.2) is 9.78 Å². The summed E-state index contributed by atoms with van der Waals surface area (Å²) < 4.78 is 1.59. The average molecular weight is 225 g/mol. The van der Waals surface area contributed by atoms with Gasteiger partial charge in [0.2, 0.25) is 0 Å². The molecule has 0 aromatic carbocycles. The summed E-state index contributed by atoms with van der Waals surface area (Å²) >= 11 is 0.930. The summed E-state index contributed by atoms with van der Waals surface area (Å²) in [4.78, 5) is 12.3. The van der Waals surface area contributed by atoms with Crippen LogP contribution in [0.25, 0.3) is 0 Å². The minimum absolute atomic E-state index is 0.0739. The Morgan fingerprint density at radius 2 is 2.27 bits per heavy atom. The lowest BCUT2D eigenvalue weighted by Gasteiger charge is -1.99. The van der Waals surface area contributed by atoms with E-state index >= 15 is 0 Å². The third-order valence-electron chi connectivity index (χ3n) is 2.22. The highest BCUT2D eigenvalue weighted by atomic mass is 32.2. The van der Waals surface area contributed by atoms with Crippen LogP contribution >= 0.6 is 11.8 Å². The molecule has 1 N–H and O–H groups in total. The number of thiocyanates is 1. The molecule has 4 nitrogen and oxygen atoms in total. The molecular weight excluding hydrogens is 210 g/mol. The van der Waals surface area contributed by atoms with Crippen LogP contribution in [0.5, 0.6) is 0 Å². The third-order valence-corrected chi connectivity index (χ3v) is 2.99. The lowest BCUT2D eigenvalue weighted by molar-refractivity contribution is 0.537. The van der Waals surface area contributed by atoms with Gasteiger partial charge >= 0.3 is 0 Å². The largest absolute Gasteiger partial charge is 0.299 e. The Morgan fingerprint density at radius 1 is 1.53 bits per heavy atom. The molecule has 1 aromatic heterocycles. The van der Waals surface area contributed by atoms with E-state index in [1.54, 1.807) is 4.68 Å². The van der Waals surface area contributed by atoms with Gasteiger partial charge in [0, 0.05) is 12.2 Å². The van der Waals surface area contributed by atoms with Gasteiger partial charge in [-0.05, 0) is 25.1 Å². The smallest absolute Gasteiger partial charge is 0.281 e. The Kier molecular flexibility index (Phi) is 4.50. The van der Waals surface area contributed by atoms with Crippen LogP contribution in [0, 0.1) is 17.6 Å². The van der Waals surface area contributed by atoms with Crippen LogP contribution < -0.4 is 5.56 Å². The summed E-state index contributed by atoms with van der Waals surface area (Å²) in [6.07, 6.45) is 3.24. The summed E-state index contributed by atoms with van der Waals surface area (Å²) in [6, 6.07) is 0. The van der Waals surface area contributed by atoms with E-state index in [9.17, 15) is 4.79 Å². The summed E-state index contributed by atoms with van der Waals surface area (Å²) in [5.74, 6) is 0. The first kappa shape index (κ1) is 11.9. The first-order valence-electron chi connectivity index (χ1n) is 5.06. The van der Waals surface area contributed by atoms with Gasteiger partial charge in [-0.25, -0.2) is 0 Å². The molecule has 0 atom stereocenters. The fourth-order valence-corrected chi connectivity index (χ4v) is 1.92. The van der Waals surface area contributed by atoms with E-state index in [1.807, 2.05) is 12.3 Å². The normalized spacial score (nSPS) is 10.2. The number of nitrogens with one attached hydrogen (secondary N) is 1. The highest BCUT2D eigenvalue weighted by Gasteiger charge is 2.10. The zero-order chi connectivity index (χ0) is 11.3. The van der Waals surface area contributed by atoms with E-state index in [2.05, 4.69) is 12.0 Å². The number of aryl methyl sites for hydroxylation is 2. The number of H-pyrrole nitrogens is 1. The van der Waals surface area contributed by atoms with Crippen molar-refractivity contribution in [2.24, 2.45) is 0 Å². The van der Waals surface area contributed by atoms with Gasteiger partial charge in [-0.3, -0.25) is 14.6 Å². The second-order valence-electron chi connectivity index (χ2n) is 3.42. The zero-order valence-electron chi connectivity index (χ0n) is 9.04. The second-order valence-corrected chi connectivity index (χ2v) is 4.22. The fraction of sp³-hybridized carbons (Fsp3) is 0.600. The van der Waals surface area contributed by atoms with Crippen molar-refractivity contribution in [1.82, 2.24) is 9.78 Å². The molecule has 0 spiro atoms. The molecule has 0 aliphatic carbocycles. The standard InChI is InChI=1S/C10H15N3OS/c1-3-4-5-6-13-10(14)9(15-7-11)8(2)12-13/h12H,3-6H2,1-2H3. The van der Waals surface area contributed by atoms with Crippen molar-refractivity contribution < 1.29 is 0 Å². The van der Waals surface area contributed by atoms with Crippen molar-refractivity contribution in [3.05, 3.63) is 16.0 Å². The molecule has 1 heterocycles. The molecule has 0 amide bonds. The molecule has 82 valence electrons. The molecule has 0 saturated carbocycles. The number of nitriles is 1. The van der Waals surface area contributed by atoms with E-state index in [4.69, 9.17) is 5.26 Å². The first-order chi connectivity index (χ1) is 7.20. The quantitative estimate of drug-likeness (QED) is 0.475. The Labute approximate surface area is 93.3 Å². The Hall–Kier alpha value is -1.15. The Morgan fingerprint density at radius 3 is 2.87 bits per heavy atom. The maximum Gasteiger partial charge on any atom is 0.281 e. The minimum atomic E-state index is -0.0739. The maximum absolute atomic E-state index is 11.7. The highest BCUT2D eigenvalue weighted by molar-refractivity contribution is 8.03. The molecule has 0 radical (unpaired) electrons. The molecule has 0 fully saturated rings. The lowest BCUT2D eigenvalue weighted by atomic mass is 10.2. The zero-order valence-corrected chi connectivity index (χ0v) is 9.86. The monoisotopic (exact) mass is 225 g/mol. The van der Waals surface area contributed by atoms with Crippen LogP contribution in [0.4, 0.5) is 0 Å². The van der Waals surface area contributed by atoms with Crippen molar-refractivity contribution >= 4 is 11.8 Å². The molecular formula is C10H15N3OS. The van der Waals surface area contributed by atoms with E-state index < -0.39 is 0 Å². The van der Waals surface area contributed by atoms with Crippen LogP contribution in [0.15, 0.2) is 9.69 Å². The average Bonchev–Trinajstić information content (AvgIpc) is 2.47.